The number of alkyl halides is 2. The van der Waals surface area contributed by atoms with Crippen LogP contribution in [0.3, 0.4) is 0 Å². The van der Waals surface area contributed by atoms with Gasteiger partial charge in [0.1, 0.15) is 12.3 Å². The summed E-state index contributed by atoms with van der Waals surface area (Å²) in [5.41, 5.74) is 0. The molecule has 4 heteroatoms. The van der Waals surface area contributed by atoms with E-state index in [1.54, 1.807) is 0 Å². The maximum absolute atomic E-state index is 13.2. The second-order valence-electron chi connectivity index (χ2n) is 3.77. The Labute approximate surface area is 70.7 Å². The molecule has 1 saturated carbocycles. The van der Waals surface area contributed by atoms with Crippen LogP contribution in [0.4, 0.5) is 8.78 Å². The van der Waals surface area contributed by atoms with Crippen molar-refractivity contribution < 1.29 is 8.78 Å². The second-order valence-corrected chi connectivity index (χ2v) is 3.77. The highest BCUT2D eigenvalue weighted by Gasteiger charge is 2.42. The first kappa shape index (κ1) is 8.38. The van der Waals surface area contributed by atoms with E-state index in [0.717, 1.165) is 0 Å². The Morgan fingerprint density at radius 1 is 1.17 bits per heavy atom. The molecule has 1 saturated heterocycles. The van der Waals surface area contributed by atoms with Crippen LogP contribution in [0.5, 0.6) is 0 Å². The molecule has 0 amide bonds. The summed E-state index contributed by atoms with van der Waals surface area (Å²) in [6.07, 6.45) is -1.38. The molecule has 2 rings (SSSR count). The van der Waals surface area contributed by atoms with Crippen molar-refractivity contribution in [2.45, 2.75) is 50.4 Å². The monoisotopic (exact) mass is 176 g/mol. The molecular formula is C8H14F2N2. The first-order chi connectivity index (χ1) is 5.66. The molecule has 1 heterocycles. The zero-order chi connectivity index (χ0) is 8.72. The van der Waals surface area contributed by atoms with Crippen molar-refractivity contribution in [3.05, 3.63) is 0 Å². The molecule has 1 aliphatic carbocycles. The van der Waals surface area contributed by atoms with Crippen molar-refractivity contribution >= 4 is 0 Å². The molecule has 0 aromatic heterocycles. The molecule has 12 heavy (non-hydrogen) atoms. The highest BCUT2D eigenvalue weighted by Crippen LogP contribution is 2.27. The van der Waals surface area contributed by atoms with Crippen molar-refractivity contribution in [1.29, 1.82) is 0 Å². The van der Waals surface area contributed by atoms with Crippen LogP contribution in [-0.2, 0) is 0 Å². The molecular weight excluding hydrogens is 162 g/mol. The fraction of sp³-hybridized carbons (Fsp3) is 1.00. The Bertz CT molecular complexity index is 176. The van der Waals surface area contributed by atoms with E-state index in [4.69, 9.17) is 0 Å². The van der Waals surface area contributed by atoms with Crippen molar-refractivity contribution in [2.24, 2.45) is 0 Å². The van der Waals surface area contributed by atoms with Gasteiger partial charge in [-0.15, -0.1) is 0 Å². The van der Waals surface area contributed by atoms with Gasteiger partial charge in [-0.05, 0) is 13.3 Å². The van der Waals surface area contributed by atoms with Gasteiger partial charge < -0.3 is 0 Å². The molecule has 2 N–H and O–H groups in total. The first-order valence-electron chi connectivity index (χ1n) is 4.47. The van der Waals surface area contributed by atoms with Crippen LogP contribution in [-0.4, -0.2) is 30.6 Å². The second kappa shape index (κ2) is 2.92. The Balaban J connectivity index is 2.05. The summed E-state index contributed by atoms with van der Waals surface area (Å²) in [4.78, 5) is 0. The van der Waals surface area contributed by atoms with Gasteiger partial charge >= 0.3 is 0 Å². The SMILES string of the molecule is CC1NC2CC(F)CC(F)C2N1. The van der Waals surface area contributed by atoms with E-state index in [2.05, 4.69) is 10.6 Å². The standard InChI is InChI=1S/C8H14F2N2/c1-4-11-7-3-5(9)2-6(10)8(7)12-4/h4-8,11-12H,2-3H2,1H3. The Morgan fingerprint density at radius 2 is 1.92 bits per heavy atom. The van der Waals surface area contributed by atoms with E-state index in [-0.39, 0.29) is 24.7 Å². The minimum absolute atomic E-state index is 0.0150. The molecule has 0 spiro atoms. The van der Waals surface area contributed by atoms with Crippen molar-refractivity contribution in [3.63, 3.8) is 0 Å². The maximum atomic E-state index is 13.2. The lowest BCUT2D eigenvalue weighted by Crippen LogP contribution is -2.48. The topological polar surface area (TPSA) is 24.1 Å². The molecule has 70 valence electrons. The summed E-state index contributed by atoms with van der Waals surface area (Å²) >= 11 is 0. The summed E-state index contributed by atoms with van der Waals surface area (Å²) in [5, 5.41) is 6.20. The minimum atomic E-state index is -1.03. The molecule has 2 fully saturated rings. The van der Waals surface area contributed by atoms with Crippen LogP contribution >= 0.6 is 0 Å². The van der Waals surface area contributed by atoms with E-state index < -0.39 is 12.3 Å². The van der Waals surface area contributed by atoms with Crippen LogP contribution in [0.15, 0.2) is 0 Å². The molecule has 2 aliphatic rings. The van der Waals surface area contributed by atoms with Crippen molar-refractivity contribution in [1.82, 2.24) is 10.6 Å². The maximum Gasteiger partial charge on any atom is 0.120 e. The van der Waals surface area contributed by atoms with Gasteiger partial charge in [0.15, 0.2) is 0 Å². The minimum Gasteiger partial charge on any atom is -0.298 e. The quantitative estimate of drug-likeness (QED) is 0.568. The van der Waals surface area contributed by atoms with Crippen molar-refractivity contribution in [3.8, 4) is 0 Å². The number of hydrogen-bond donors (Lipinski definition) is 2. The highest BCUT2D eigenvalue weighted by molar-refractivity contribution is 5.01. The highest BCUT2D eigenvalue weighted by atomic mass is 19.1. The van der Waals surface area contributed by atoms with Gasteiger partial charge in [0.2, 0.25) is 0 Å². The van der Waals surface area contributed by atoms with Crippen LogP contribution < -0.4 is 10.6 Å². The molecule has 0 bridgehead atoms. The smallest absolute Gasteiger partial charge is 0.120 e. The molecule has 0 radical (unpaired) electrons. The average molecular weight is 176 g/mol. The Kier molecular flexibility index (Phi) is 2.04. The number of halogens is 2. The molecule has 2 nitrogen and oxygen atoms in total. The van der Waals surface area contributed by atoms with E-state index in [9.17, 15) is 8.78 Å². The number of rotatable bonds is 0. The lowest BCUT2D eigenvalue weighted by Gasteiger charge is -2.30. The Morgan fingerprint density at radius 3 is 2.67 bits per heavy atom. The third-order valence-corrected chi connectivity index (χ3v) is 2.72. The number of nitrogens with one attached hydrogen (secondary N) is 2. The van der Waals surface area contributed by atoms with Gasteiger partial charge in [0, 0.05) is 12.5 Å². The molecule has 5 atom stereocenters. The lowest BCUT2D eigenvalue weighted by molar-refractivity contribution is 0.118. The number of hydrogen-bond acceptors (Lipinski definition) is 2. The molecule has 5 unspecified atom stereocenters. The largest absolute Gasteiger partial charge is 0.298 e. The van der Waals surface area contributed by atoms with Gasteiger partial charge in [-0.3, -0.25) is 10.6 Å². The fourth-order valence-corrected chi connectivity index (χ4v) is 2.21. The molecule has 0 aromatic rings. The van der Waals surface area contributed by atoms with Crippen molar-refractivity contribution in [2.75, 3.05) is 0 Å². The van der Waals surface area contributed by atoms with Crippen LogP contribution in [0.2, 0.25) is 0 Å². The van der Waals surface area contributed by atoms with Crippen LogP contribution in [0, 0.1) is 0 Å². The predicted molar refractivity (Wildman–Crippen MR) is 42.3 cm³/mol. The van der Waals surface area contributed by atoms with Gasteiger partial charge in [-0.25, -0.2) is 8.78 Å². The summed E-state index contributed by atoms with van der Waals surface area (Å²) in [7, 11) is 0. The van der Waals surface area contributed by atoms with Crippen LogP contribution in [0.25, 0.3) is 0 Å². The third kappa shape index (κ3) is 1.33. The average Bonchev–Trinajstić information content (AvgIpc) is 2.29. The number of fused-ring (bicyclic) bond motifs is 1. The lowest BCUT2D eigenvalue weighted by atomic mass is 9.89. The summed E-state index contributed by atoms with van der Waals surface area (Å²) in [6, 6.07) is -0.189. The summed E-state index contributed by atoms with van der Waals surface area (Å²) in [5.74, 6) is 0. The fourth-order valence-electron chi connectivity index (χ4n) is 2.21. The zero-order valence-electron chi connectivity index (χ0n) is 7.06. The van der Waals surface area contributed by atoms with Gasteiger partial charge in [-0.2, -0.15) is 0 Å². The zero-order valence-corrected chi connectivity index (χ0v) is 7.06. The summed E-state index contributed by atoms with van der Waals surface area (Å²) < 4.78 is 26.1. The van der Waals surface area contributed by atoms with E-state index in [0.29, 0.717) is 6.42 Å². The molecule has 1 aliphatic heterocycles. The van der Waals surface area contributed by atoms with E-state index in [1.807, 2.05) is 6.92 Å². The predicted octanol–water partition coefficient (Wildman–Crippen LogP) is 0.732. The summed E-state index contributed by atoms with van der Waals surface area (Å²) in [6.45, 7) is 1.93. The Hall–Kier alpha value is -0.220. The van der Waals surface area contributed by atoms with Gasteiger partial charge in [-0.1, -0.05) is 0 Å². The van der Waals surface area contributed by atoms with E-state index >= 15 is 0 Å². The van der Waals surface area contributed by atoms with Gasteiger partial charge in [0.25, 0.3) is 0 Å². The first-order valence-corrected chi connectivity index (χ1v) is 4.47. The van der Waals surface area contributed by atoms with Gasteiger partial charge in [0.05, 0.1) is 12.2 Å². The normalized spacial score (nSPS) is 53.8. The van der Waals surface area contributed by atoms with Crippen LogP contribution in [0.1, 0.15) is 19.8 Å². The molecule has 0 aromatic carbocycles. The third-order valence-electron chi connectivity index (χ3n) is 2.72. The van der Waals surface area contributed by atoms with E-state index in [1.165, 1.54) is 0 Å².